The summed E-state index contributed by atoms with van der Waals surface area (Å²) < 4.78 is 38.0. The molecule has 1 aliphatic rings. The summed E-state index contributed by atoms with van der Waals surface area (Å²) in [5.74, 6) is 0.421. The van der Waals surface area contributed by atoms with Gasteiger partial charge in [-0.05, 0) is 12.8 Å². The first-order valence-electron chi connectivity index (χ1n) is 4.41. The summed E-state index contributed by atoms with van der Waals surface area (Å²) in [5.41, 5.74) is 1.05. The van der Waals surface area contributed by atoms with Crippen molar-refractivity contribution in [1.82, 2.24) is 14.8 Å². The standard InChI is InChI=1S/C7H9F3N4S/c8-7(9,10)15-6-13-12-5(3-11)14(6)4-1-2-4/h4H,1-3,11H2. The number of halogens is 3. The largest absolute Gasteiger partial charge is 0.449 e. The van der Waals surface area contributed by atoms with Crippen molar-refractivity contribution in [3.05, 3.63) is 5.82 Å². The van der Waals surface area contributed by atoms with Crippen molar-refractivity contribution in [3.8, 4) is 0 Å². The Morgan fingerprint density at radius 3 is 2.53 bits per heavy atom. The SMILES string of the molecule is NCc1nnc(SC(F)(F)F)n1C1CC1. The van der Waals surface area contributed by atoms with Crippen LogP contribution in [0.15, 0.2) is 5.16 Å². The van der Waals surface area contributed by atoms with Gasteiger partial charge in [-0.25, -0.2) is 0 Å². The molecule has 0 aliphatic heterocycles. The zero-order valence-electron chi connectivity index (χ0n) is 7.66. The van der Waals surface area contributed by atoms with E-state index in [1.54, 1.807) is 0 Å². The molecule has 0 atom stereocenters. The number of hydrogen-bond acceptors (Lipinski definition) is 4. The zero-order chi connectivity index (χ0) is 11.1. The molecule has 1 aromatic rings. The predicted molar refractivity (Wildman–Crippen MR) is 48.1 cm³/mol. The molecule has 1 heterocycles. The number of aromatic nitrogens is 3. The molecule has 15 heavy (non-hydrogen) atoms. The Kier molecular flexibility index (Phi) is 2.63. The quantitative estimate of drug-likeness (QED) is 0.814. The molecule has 2 rings (SSSR count). The van der Waals surface area contributed by atoms with E-state index in [0.29, 0.717) is 5.82 Å². The average molecular weight is 238 g/mol. The Hall–Kier alpha value is -0.760. The average Bonchev–Trinajstić information content (AvgIpc) is 2.87. The second kappa shape index (κ2) is 3.67. The molecule has 1 aromatic heterocycles. The molecule has 0 unspecified atom stereocenters. The van der Waals surface area contributed by atoms with Crippen LogP contribution in [0.1, 0.15) is 24.7 Å². The number of alkyl halides is 3. The Morgan fingerprint density at radius 2 is 2.07 bits per heavy atom. The van der Waals surface area contributed by atoms with Crippen molar-refractivity contribution in [2.75, 3.05) is 0 Å². The third-order valence-corrected chi connectivity index (χ3v) is 2.73. The van der Waals surface area contributed by atoms with E-state index >= 15 is 0 Å². The Bertz CT molecular complexity index is 358. The summed E-state index contributed by atoms with van der Waals surface area (Å²) in [4.78, 5) is 0. The van der Waals surface area contributed by atoms with E-state index in [9.17, 15) is 13.2 Å². The molecule has 0 amide bonds. The van der Waals surface area contributed by atoms with E-state index in [4.69, 9.17) is 5.73 Å². The van der Waals surface area contributed by atoms with Crippen LogP contribution in [0.25, 0.3) is 0 Å². The first-order chi connectivity index (χ1) is 7.01. The molecule has 2 N–H and O–H groups in total. The van der Waals surface area contributed by atoms with Crippen molar-refractivity contribution < 1.29 is 13.2 Å². The fourth-order valence-electron chi connectivity index (χ4n) is 1.32. The van der Waals surface area contributed by atoms with Crippen LogP contribution in [0.3, 0.4) is 0 Å². The number of rotatable bonds is 3. The van der Waals surface area contributed by atoms with Gasteiger partial charge in [0.15, 0.2) is 5.16 Å². The van der Waals surface area contributed by atoms with Gasteiger partial charge in [-0.2, -0.15) is 13.2 Å². The fourth-order valence-corrected chi connectivity index (χ4v) is 1.96. The number of thioether (sulfide) groups is 1. The molecule has 0 aromatic carbocycles. The van der Waals surface area contributed by atoms with Crippen molar-refractivity contribution in [1.29, 1.82) is 0 Å². The zero-order valence-corrected chi connectivity index (χ0v) is 8.48. The molecule has 0 saturated heterocycles. The minimum atomic E-state index is -4.33. The summed E-state index contributed by atoms with van der Waals surface area (Å²) >= 11 is -0.234. The minimum Gasteiger partial charge on any atom is -0.324 e. The molecule has 4 nitrogen and oxygen atoms in total. The van der Waals surface area contributed by atoms with Crippen molar-refractivity contribution >= 4 is 11.8 Å². The highest BCUT2D eigenvalue weighted by Crippen LogP contribution is 2.42. The van der Waals surface area contributed by atoms with E-state index in [0.717, 1.165) is 12.8 Å². The van der Waals surface area contributed by atoms with E-state index < -0.39 is 5.51 Å². The Balaban J connectivity index is 2.26. The second-order valence-corrected chi connectivity index (χ2v) is 4.28. The molecule has 0 spiro atoms. The third kappa shape index (κ3) is 2.43. The lowest BCUT2D eigenvalue weighted by molar-refractivity contribution is -0.0332. The first-order valence-corrected chi connectivity index (χ1v) is 5.22. The third-order valence-electron chi connectivity index (χ3n) is 2.04. The highest BCUT2D eigenvalue weighted by molar-refractivity contribution is 8.00. The monoisotopic (exact) mass is 238 g/mol. The first kappa shape index (κ1) is 10.7. The lowest BCUT2D eigenvalue weighted by atomic mass is 10.5. The van der Waals surface area contributed by atoms with Crippen LogP contribution in [0.5, 0.6) is 0 Å². The van der Waals surface area contributed by atoms with Crippen molar-refractivity contribution in [2.45, 2.75) is 36.1 Å². The van der Waals surface area contributed by atoms with Gasteiger partial charge in [-0.3, -0.25) is 0 Å². The van der Waals surface area contributed by atoms with E-state index in [1.165, 1.54) is 4.57 Å². The van der Waals surface area contributed by atoms with Crippen molar-refractivity contribution in [3.63, 3.8) is 0 Å². The maximum absolute atomic E-state index is 12.2. The van der Waals surface area contributed by atoms with Crippen LogP contribution >= 0.6 is 11.8 Å². The van der Waals surface area contributed by atoms with Gasteiger partial charge < -0.3 is 10.3 Å². The number of nitrogens with two attached hydrogens (primary N) is 1. The Morgan fingerprint density at radius 1 is 1.40 bits per heavy atom. The smallest absolute Gasteiger partial charge is 0.324 e. The van der Waals surface area contributed by atoms with Gasteiger partial charge in [0.25, 0.3) is 0 Å². The lowest BCUT2D eigenvalue weighted by Gasteiger charge is -2.08. The van der Waals surface area contributed by atoms with Gasteiger partial charge >= 0.3 is 5.51 Å². The summed E-state index contributed by atoms with van der Waals surface area (Å²) in [6, 6.07) is 0.100. The fraction of sp³-hybridized carbons (Fsp3) is 0.714. The van der Waals surface area contributed by atoms with Crippen LogP contribution in [-0.4, -0.2) is 20.3 Å². The van der Waals surface area contributed by atoms with E-state index in [2.05, 4.69) is 10.2 Å². The lowest BCUT2D eigenvalue weighted by Crippen LogP contribution is -2.10. The number of nitrogens with zero attached hydrogens (tertiary/aromatic N) is 3. The second-order valence-electron chi connectivity index (χ2n) is 3.25. The van der Waals surface area contributed by atoms with Gasteiger partial charge in [-0.15, -0.1) is 10.2 Å². The van der Waals surface area contributed by atoms with Gasteiger partial charge in [0.05, 0.1) is 6.54 Å². The predicted octanol–water partition coefficient (Wildman–Crippen LogP) is 1.68. The van der Waals surface area contributed by atoms with Gasteiger partial charge in [-0.1, -0.05) is 0 Å². The topological polar surface area (TPSA) is 56.7 Å². The Labute approximate surface area is 88.0 Å². The molecule has 0 bridgehead atoms. The highest BCUT2D eigenvalue weighted by atomic mass is 32.2. The van der Waals surface area contributed by atoms with Gasteiger partial charge in [0.1, 0.15) is 5.82 Å². The number of hydrogen-bond donors (Lipinski definition) is 1. The maximum atomic E-state index is 12.2. The molecular formula is C7H9F3N4S. The molecule has 1 fully saturated rings. The minimum absolute atomic E-state index is 0.100. The molecule has 8 heteroatoms. The molecule has 84 valence electrons. The summed E-state index contributed by atoms with van der Waals surface area (Å²) in [6.07, 6.45) is 1.74. The van der Waals surface area contributed by atoms with Crippen LogP contribution in [0.2, 0.25) is 0 Å². The highest BCUT2D eigenvalue weighted by Gasteiger charge is 2.36. The maximum Gasteiger partial charge on any atom is 0.449 e. The molecule has 1 saturated carbocycles. The van der Waals surface area contributed by atoms with Crippen LogP contribution in [-0.2, 0) is 6.54 Å². The van der Waals surface area contributed by atoms with Crippen molar-refractivity contribution in [2.24, 2.45) is 5.73 Å². The van der Waals surface area contributed by atoms with Crippen LogP contribution < -0.4 is 5.73 Å². The molecule has 1 aliphatic carbocycles. The molecule has 0 radical (unpaired) electrons. The van der Waals surface area contributed by atoms with E-state index in [-0.39, 0.29) is 29.5 Å². The van der Waals surface area contributed by atoms with Crippen LogP contribution in [0, 0.1) is 0 Å². The van der Waals surface area contributed by atoms with Gasteiger partial charge in [0, 0.05) is 17.8 Å². The summed E-state index contributed by atoms with van der Waals surface area (Å²) in [5, 5.41) is 7.05. The van der Waals surface area contributed by atoms with Crippen LogP contribution in [0.4, 0.5) is 13.2 Å². The van der Waals surface area contributed by atoms with E-state index in [1.807, 2.05) is 0 Å². The van der Waals surface area contributed by atoms with Gasteiger partial charge in [0.2, 0.25) is 0 Å². The molecular weight excluding hydrogens is 229 g/mol. The normalized spacial score (nSPS) is 17.1. The summed E-state index contributed by atoms with van der Waals surface area (Å²) in [7, 11) is 0. The summed E-state index contributed by atoms with van der Waals surface area (Å²) in [6.45, 7) is 0.113.